The zero-order valence-corrected chi connectivity index (χ0v) is 9.06. The SMILES string of the molecule is CC(CCCC(=O)O)NC(=O)c1ccn[nH]1. The van der Waals surface area contributed by atoms with E-state index in [1.54, 1.807) is 6.07 Å². The molecule has 0 spiro atoms. The minimum absolute atomic E-state index is 0.0462. The fourth-order valence-corrected chi connectivity index (χ4v) is 1.32. The number of carbonyl (C=O) groups is 2. The van der Waals surface area contributed by atoms with Crippen LogP contribution in [0.5, 0.6) is 0 Å². The van der Waals surface area contributed by atoms with Gasteiger partial charge in [0.05, 0.1) is 0 Å². The van der Waals surface area contributed by atoms with E-state index >= 15 is 0 Å². The predicted molar refractivity (Wildman–Crippen MR) is 57.0 cm³/mol. The number of carboxylic acids is 1. The van der Waals surface area contributed by atoms with Crippen LogP contribution < -0.4 is 5.32 Å². The fraction of sp³-hybridized carbons (Fsp3) is 0.500. The average molecular weight is 225 g/mol. The summed E-state index contributed by atoms with van der Waals surface area (Å²) < 4.78 is 0. The molecular weight excluding hydrogens is 210 g/mol. The highest BCUT2D eigenvalue weighted by Crippen LogP contribution is 2.01. The van der Waals surface area contributed by atoms with Crippen LogP contribution in [0.4, 0.5) is 0 Å². The topological polar surface area (TPSA) is 95.1 Å². The molecule has 0 aliphatic heterocycles. The van der Waals surface area contributed by atoms with Crippen LogP contribution in [-0.2, 0) is 4.79 Å². The number of aliphatic carboxylic acids is 1. The van der Waals surface area contributed by atoms with Crippen molar-refractivity contribution in [3.63, 3.8) is 0 Å². The molecule has 0 bridgehead atoms. The van der Waals surface area contributed by atoms with Crippen LogP contribution in [0.3, 0.4) is 0 Å². The Bertz CT molecular complexity index is 348. The van der Waals surface area contributed by atoms with Crippen LogP contribution in [0.15, 0.2) is 12.3 Å². The van der Waals surface area contributed by atoms with Crippen LogP contribution in [0.1, 0.15) is 36.7 Å². The highest BCUT2D eigenvalue weighted by Gasteiger charge is 2.10. The van der Waals surface area contributed by atoms with Crippen molar-refractivity contribution < 1.29 is 14.7 Å². The van der Waals surface area contributed by atoms with Crippen LogP contribution >= 0.6 is 0 Å². The van der Waals surface area contributed by atoms with Crippen molar-refractivity contribution in [1.29, 1.82) is 0 Å². The maximum absolute atomic E-state index is 11.5. The average Bonchev–Trinajstić information content (AvgIpc) is 2.69. The monoisotopic (exact) mass is 225 g/mol. The van der Waals surface area contributed by atoms with Crippen molar-refractivity contribution in [1.82, 2.24) is 15.5 Å². The third-order valence-corrected chi connectivity index (χ3v) is 2.15. The van der Waals surface area contributed by atoms with Gasteiger partial charge < -0.3 is 10.4 Å². The number of aromatic nitrogens is 2. The quantitative estimate of drug-likeness (QED) is 0.666. The molecule has 16 heavy (non-hydrogen) atoms. The van der Waals surface area contributed by atoms with Crippen molar-refractivity contribution in [2.75, 3.05) is 0 Å². The number of hydrogen-bond donors (Lipinski definition) is 3. The molecule has 0 aromatic carbocycles. The summed E-state index contributed by atoms with van der Waals surface area (Å²) in [7, 11) is 0. The van der Waals surface area contributed by atoms with Crippen molar-refractivity contribution in [3.05, 3.63) is 18.0 Å². The van der Waals surface area contributed by atoms with Crippen molar-refractivity contribution >= 4 is 11.9 Å². The van der Waals surface area contributed by atoms with Gasteiger partial charge in [-0.05, 0) is 25.8 Å². The van der Waals surface area contributed by atoms with E-state index in [-0.39, 0.29) is 18.4 Å². The summed E-state index contributed by atoms with van der Waals surface area (Å²) in [6.07, 6.45) is 2.83. The normalized spacial score (nSPS) is 12.1. The molecule has 0 fully saturated rings. The van der Waals surface area contributed by atoms with E-state index in [1.165, 1.54) is 6.20 Å². The van der Waals surface area contributed by atoms with Gasteiger partial charge in [-0.15, -0.1) is 0 Å². The zero-order chi connectivity index (χ0) is 12.0. The maximum atomic E-state index is 11.5. The predicted octanol–water partition coefficient (Wildman–Crippen LogP) is 0.783. The summed E-state index contributed by atoms with van der Waals surface area (Å²) in [5, 5.41) is 17.4. The molecule has 6 heteroatoms. The molecule has 1 amide bonds. The van der Waals surface area contributed by atoms with Gasteiger partial charge in [0, 0.05) is 18.7 Å². The van der Waals surface area contributed by atoms with Gasteiger partial charge in [-0.1, -0.05) is 0 Å². The number of carbonyl (C=O) groups excluding carboxylic acids is 1. The lowest BCUT2D eigenvalue weighted by Gasteiger charge is -2.12. The second-order valence-electron chi connectivity index (χ2n) is 3.63. The van der Waals surface area contributed by atoms with Gasteiger partial charge in [0.15, 0.2) is 0 Å². The van der Waals surface area contributed by atoms with Gasteiger partial charge in [-0.2, -0.15) is 5.10 Å². The van der Waals surface area contributed by atoms with E-state index in [0.717, 1.165) is 0 Å². The Morgan fingerprint density at radius 1 is 1.62 bits per heavy atom. The summed E-state index contributed by atoms with van der Waals surface area (Å²) >= 11 is 0. The first-order chi connectivity index (χ1) is 7.59. The number of amides is 1. The van der Waals surface area contributed by atoms with Gasteiger partial charge in [0.2, 0.25) is 0 Å². The first-order valence-electron chi connectivity index (χ1n) is 5.11. The van der Waals surface area contributed by atoms with Crippen molar-refractivity contribution in [2.24, 2.45) is 0 Å². The standard InChI is InChI=1S/C10H15N3O3/c1-7(3-2-4-9(14)15)12-10(16)8-5-6-11-13-8/h5-7H,2-4H2,1H3,(H,11,13)(H,12,16)(H,14,15). The van der Waals surface area contributed by atoms with Gasteiger partial charge in [-0.25, -0.2) is 0 Å². The van der Waals surface area contributed by atoms with Crippen molar-refractivity contribution in [3.8, 4) is 0 Å². The number of nitrogens with one attached hydrogen (secondary N) is 2. The van der Waals surface area contributed by atoms with Crippen LogP contribution in [-0.4, -0.2) is 33.2 Å². The molecule has 1 heterocycles. The van der Waals surface area contributed by atoms with Crippen molar-refractivity contribution in [2.45, 2.75) is 32.2 Å². The second-order valence-corrected chi connectivity index (χ2v) is 3.63. The molecule has 1 atom stereocenters. The molecule has 3 N–H and O–H groups in total. The number of aromatic amines is 1. The molecule has 0 aliphatic carbocycles. The fourth-order valence-electron chi connectivity index (χ4n) is 1.32. The summed E-state index contributed by atoms with van der Waals surface area (Å²) in [5.74, 6) is -1.03. The molecule has 6 nitrogen and oxygen atoms in total. The molecule has 1 aromatic heterocycles. The molecular formula is C10H15N3O3. The first kappa shape index (κ1) is 12.2. The van der Waals surface area contributed by atoms with Gasteiger partial charge >= 0.3 is 5.97 Å². The van der Waals surface area contributed by atoms with Gasteiger partial charge in [0.25, 0.3) is 5.91 Å². The molecule has 1 aromatic rings. The third kappa shape index (κ3) is 4.12. The van der Waals surface area contributed by atoms with Crippen LogP contribution in [0.2, 0.25) is 0 Å². The van der Waals surface area contributed by atoms with E-state index in [1.807, 2.05) is 6.92 Å². The lowest BCUT2D eigenvalue weighted by molar-refractivity contribution is -0.137. The number of rotatable bonds is 6. The van der Waals surface area contributed by atoms with Crippen LogP contribution in [0.25, 0.3) is 0 Å². The molecule has 88 valence electrons. The summed E-state index contributed by atoms with van der Waals surface area (Å²) in [4.78, 5) is 21.8. The lowest BCUT2D eigenvalue weighted by Crippen LogP contribution is -2.32. The summed E-state index contributed by atoms with van der Waals surface area (Å²) in [6, 6.07) is 1.54. The Labute approximate surface area is 93.1 Å². The Morgan fingerprint density at radius 3 is 2.94 bits per heavy atom. The molecule has 0 saturated carbocycles. The molecule has 1 unspecified atom stereocenters. The van der Waals surface area contributed by atoms with E-state index in [4.69, 9.17) is 5.11 Å². The number of hydrogen-bond acceptors (Lipinski definition) is 3. The third-order valence-electron chi connectivity index (χ3n) is 2.15. The number of H-pyrrole nitrogens is 1. The molecule has 0 radical (unpaired) electrons. The maximum Gasteiger partial charge on any atom is 0.303 e. The molecule has 1 rings (SSSR count). The molecule has 0 saturated heterocycles. The number of nitrogens with zero attached hydrogens (tertiary/aromatic N) is 1. The number of carboxylic acid groups (broad SMARTS) is 1. The minimum atomic E-state index is -0.813. The Kier molecular flexibility index (Phi) is 4.50. The highest BCUT2D eigenvalue weighted by atomic mass is 16.4. The molecule has 0 aliphatic rings. The highest BCUT2D eigenvalue weighted by molar-refractivity contribution is 5.92. The smallest absolute Gasteiger partial charge is 0.303 e. The minimum Gasteiger partial charge on any atom is -0.481 e. The largest absolute Gasteiger partial charge is 0.481 e. The summed E-state index contributed by atoms with van der Waals surface area (Å²) in [5.41, 5.74) is 0.407. The Hall–Kier alpha value is -1.85. The Balaban J connectivity index is 2.26. The lowest BCUT2D eigenvalue weighted by atomic mass is 10.1. The van der Waals surface area contributed by atoms with E-state index in [2.05, 4.69) is 15.5 Å². The first-order valence-corrected chi connectivity index (χ1v) is 5.11. The summed E-state index contributed by atoms with van der Waals surface area (Å²) in [6.45, 7) is 1.84. The second kappa shape index (κ2) is 5.89. The van der Waals surface area contributed by atoms with Gasteiger partial charge in [0.1, 0.15) is 5.69 Å². The van der Waals surface area contributed by atoms with Gasteiger partial charge in [-0.3, -0.25) is 14.7 Å². The van der Waals surface area contributed by atoms with E-state index in [9.17, 15) is 9.59 Å². The Morgan fingerprint density at radius 2 is 2.38 bits per heavy atom. The van der Waals surface area contributed by atoms with E-state index < -0.39 is 5.97 Å². The van der Waals surface area contributed by atoms with E-state index in [0.29, 0.717) is 18.5 Å². The zero-order valence-electron chi connectivity index (χ0n) is 9.06. The van der Waals surface area contributed by atoms with Crippen LogP contribution in [0, 0.1) is 0 Å².